The van der Waals surface area contributed by atoms with Crippen molar-refractivity contribution in [2.24, 2.45) is 0 Å². The van der Waals surface area contributed by atoms with Crippen molar-refractivity contribution in [3.63, 3.8) is 0 Å². The molecule has 35 heavy (non-hydrogen) atoms. The second-order valence-electron chi connectivity index (χ2n) is 7.51. The average molecular weight is 483 g/mol. The zero-order valence-corrected chi connectivity index (χ0v) is 18.5. The zero-order chi connectivity index (χ0) is 25.0. The first-order valence-corrected chi connectivity index (χ1v) is 10.5. The number of nitrogens with one attached hydrogen (secondary N) is 1. The molecule has 0 aliphatic carbocycles. The zero-order valence-electron chi connectivity index (χ0n) is 18.5. The number of benzene rings is 3. The molecule has 0 aliphatic rings. The molecule has 4 aromatic rings. The molecular weight excluding hydrogens is 463 g/mol. The molecule has 1 atom stereocenters. The standard InChI is InChI=1S/C25H20F3N3O4/c1-34-18-11-7-10-17(14-18)29-23(33)22(16-8-3-2-4-9-16)35-21(32)15-31-20-13-6-5-12-19(20)30-24(31)25(26,27)28/h2-14,22H,15H2,1H3,(H,29,33)/t22-/m1/s1. The number of aromatic nitrogens is 2. The molecule has 4 rings (SSSR count). The van der Waals surface area contributed by atoms with Gasteiger partial charge in [-0.1, -0.05) is 48.5 Å². The Balaban J connectivity index is 1.61. The topological polar surface area (TPSA) is 82.5 Å². The van der Waals surface area contributed by atoms with E-state index in [0.717, 1.165) is 4.57 Å². The molecule has 0 radical (unpaired) electrons. The minimum atomic E-state index is -4.79. The van der Waals surface area contributed by atoms with Crippen LogP contribution in [0.2, 0.25) is 0 Å². The van der Waals surface area contributed by atoms with Crippen LogP contribution in [0.15, 0.2) is 78.9 Å². The van der Waals surface area contributed by atoms with Gasteiger partial charge in [-0.15, -0.1) is 0 Å². The normalized spacial score (nSPS) is 12.2. The summed E-state index contributed by atoms with van der Waals surface area (Å²) in [6.07, 6.45) is -6.19. The molecule has 1 heterocycles. The van der Waals surface area contributed by atoms with Crippen LogP contribution < -0.4 is 10.1 Å². The first-order valence-electron chi connectivity index (χ1n) is 10.5. The molecule has 7 nitrogen and oxygen atoms in total. The third-order valence-corrected chi connectivity index (χ3v) is 5.12. The number of amides is 1. The molecule has 0 aliphatic heterocycles. The average Bonchev–Trinajstić information content (AvgIpc) is 3.22. The molecule has 0 spiro atoms. The summed E-state index contributed by atoms with van der Waals surface area (Å²) < 4.78 is 52.1. The van der Waals surface area contributed by atoms with Crippen molar-refractivity contribution >= 4 is 28.6 Å². The number of nitrogens with zero attached hydrogens (tertiary/aromatic N) is 2. The van der Waals surface area contributed by atoms with Gasteiger partial charge in [-0.25, -0.2) is 4.98 Å². The lowest BCUT2D eigenvalue weighted by Gasteiger charge is -2.19. The number of fused-ring (bicyclic) bond motifs is 1. The van der Waals surface area contributed by atoms with Crippen molar-refractivity contribution in [3.8, 4) is 5.75 Å². The van der Waals surface area contributed by atoms with Gasteiger partial charge in [-0.3, -0.25) is 9.59 Å². The lowest BCUT2D eigenvalue weighted by atomic mass is 10.1. The molecule has 1 amide bonds. The number of rotatable bonds is 7. The molecule has 1 N–H and O–H groups in total. The van der Waals surface area contributed by atoms with Crippen molar-refractivity contribution < 1.29 is 32.2 Å². The van der Waals surface area contributed by atoms with Crippen LogP contribution in [0.4, 0.5) is 18.9 Å². The van der Waals surface area contributed by atoms with Crippen molar-refractivity contribution in [2.45, 2.75) is 18.8 Å². The highest BCUT2D eigenvalue weighted by Gasteiger charge is 2.38. The van der Waals surface area contributed by atoms with Crippen LogP contribution >= 0.6 is 0 Å². The number of alkyl halides is 3. The van der Waals surface area contributed by atoms with Crippen molar-refractivity contribution in [1.82, 2.24) is 9.55 Å². The maximum Gasteiger partial charge on any atom is 0.449 e. The Hall–Kier alpha value is -4.34. The number of para-hydroxylation sites is 2. The summed E-state index contributed by atoms with van der Waals surface area (Å²) in [7, 11) is 1.48. The number of esters is 1. The van der Waals surface area contributed by atoms with E-state index in [1.165, 1.54) is 19.2 Å². The Kier molecular flexibility index (Phi) is 6.72. The van der Waals surface area contributed by atoms with Gasteiger partial charge in [-0.05, 0) is 24.3 Å². The number of methoxy groups -OCH3 is 1. The van der Waals surface area contributed by atoms with E-state index < -0.39 is 36.5 Å². The Bertz CT molecular complexity index is 1350. The number of carbonyl (C=O) groups is 2. The van der Waals surface area contributed by atoms with Gasteiger partial charge >= 0.3 is 12.1 Å². The Labute approximate surface area is 198 Å². The minimum absolute atomic E-state index is 0.0861. The second-order valence-corrected chi connectivity index (χ2v) is 7.51. The van der Waals surface area contributed by atoms with Crippen LogP contribution in [0.3, 0.4) is 0 Å². The third-order valence-electron chi connectivity index (χ3n) is 5.12. The molecule has 0 fully saturated rings. The van der Waals surface area contributed by atoms with E-state index in [1.807, 2.05) is 0 Å². The van der Waals surface area contributed by atoms with Crippen LogP contribution in [-0.2, 0) is 27.0 Å². The fraction of sp³-hybridized carbons (Fsp3) is 0.160. The summed E-state index contributed by atoms with van der Waals surface area (Å²) in [5.41, 5.74) is 0.955. The predicted molar refractivity (Wildman–Crippen MR) is 122 cm³/mol. The van der Waals surface area contributed by atoms with E-state index in [1.54, 1.807) is 66.7 Å². The molecule has 1 aromatic heterocycles. The van der Waals surface area contributed by atoms with Gasteiger partial charge < -0.3 is 19.4 Å². The Morgan fingerprint density at radius 3 is 2.43 bits per heavy atom. The molecule has 0 saturated heterocycles. The number of imidazole rings is 1. The van der Waals surface area contributed by atoms with Crippen LogP contribution in [0.1, 0.15) is 17.5 Å². The van der Waals surface area contributed by atoms with Crippen molar-refractivity contribution in [1.29, 1.82) is 0 Å². The van der Waals surface area contributed by atoms with Crippen LogP contribution in [-0.4, -0.2) is 28.5 Å². The quantitative estimate of drug-likeness (QED) is 0.375. The molecule has 0 unspecified atom stereocenters. The van der Waals surface area contributed by atoms with Gasteiger partial charge in [0.15, 0.2) is 0 Å². The summed E-state index contributed by atoms with van der Waals surface area (Å²) in [5, 5.41) is 2.65. The number of hydrogen-bond donors (Lipinski definition) is 1. The van der Waals surface area contributed by atoms with E-state index in [2.05, 4.69) is 10.3 Å². The minimum Gasteiger partial charge on any atom is -0.497 e. The van der Waals surface area contributed by atoms with Crippen LogP contribution in [0, 0.1) is 0 Å². The van der Waals surface area contributed by atoms with Gasteiger partial charge in [0.05, 0.1) is 18.1 Å². The number of carbonyl (C=O) groups excluding carboxylic acids is 2. The van der Waals surface area contributed by atoms with E-state index in [4.69, 9.17) is 9.47 Å². The highest BCUT2D eigenvalue weighted by atomic mass is 19.4. The number of ether oxygens (including phenoxy) is 2. The maximum absolute atomic E-state index is 13.6. The summed E-state index contributed by atoms with van der Waals surface area (Å²) >= 11 is 0. The lowest BCUT2D eigenvalue weighted by Crippen LogP contribution is -2.28. The van der Waals surface area contributed by atoms with Gasteiger partial charge in [-0.2, -0.15) is 13.2 Å². The maximum atomic E-state index is 13.6. The van der Waals surface area contributed by atoms with Gasteiger partial charge in [0.2, 0.25) is 11.9 Å². The highest BCUT2D eigenvalue weighted by molar-refractivity contribution is 5.96. The van der Waals surface area contributed by atoms with E-state index >= 15 is 0 Å². The summed E-state index contributed by atoms with van der Waals surface area (Å²) in [6.45, 7) is -0.787. The number of halogens is 3. The van der Waals surface area contributed by atoms with Crippen molar-refractivity contribution in [3.05, 3.63) is 90.3 Å². The monoisotopic (exact) mass is 483 g/mol. The second kappa shape index (κ2) is 9.88. The summed E-state index contributed by atoms with van der Waals surface area (Å²) in [6, 6.07) is 20.7. The fourth-order valence-electron chi connectivity index (χ4n) is 3.56. The van der Waals surface area contributed by atoms with E-state index in [-0.39, 0.29) is 11.0 Å². The van der Waals surface area contributed by atoms with Crippen molar-refractivity contribution in [2.75, 3.05) is 12.4 Å². The first-order chi connectivity index (χ1) is 16.8. The third kappa shape index (κ3) is 5.43. The van der Waals surface area contributed by atoms with Gasteiger partial charge in [0.25, 0.3) is 5.91 Å². The largest absolute Gasteiger partial charge is 0.497 e. The molecule has 3 aromatic carbocycles. The lowest BCUT2D eigenvalue weighted by molar-refractivity contribution is -0.157. The van der Waals surface area contributed by atoms with Gasteiger partial charge in [0.1, 0.15) is 12.3 Å². The highest BCUT2D eigenvalue weighted by Crippen LogP contribution is 2.32. The number of anilines is 1. The molecule has 0 bridgehead atoms. The molecule has 10 heteroatoms. The van der Waals surface area contributed by atoms with Crippen LogP contribution in [0.5, 0.6) is 5.75 Å². The summed E-state index contributed by atoms with van der Waals surface area (Å²) in [4.78, 5) is 29.5. The SMILES string of the molecule is COc1cccc(NC(=O)[C@H](OC(=O)Cn2c(C(F)(F)F)nc3ccccc32)c2ccccc2)c1. The smallest absolute Gasteiger partial charge is 0.449 e. The predicted octanol–water partition coefficient (Wildman–Crippen LogP) is 4.99. The molecular formula is C25H20F3N3O4. The van der Waals surface area contributed by atoms with Gasteiger partial charge in [0, 0.05) is 17.3 Å². The Morgan fingerprint density at radius 2 is 1.71 bits per heavy atom. The molecule has 180 valence electrons. The van der Waals surface area contributed by atoms with E-state index in [9.17, 15) is 22.8 Å². The molecule has 0 saturated carbocycles. The Morgan fingerprint density at radius 1 is 1.00 bits per heavy atom. The van der Waals surface area contributed by atoms with Crippen LogP contribution in [0.25, 0.3) is 11.0 Å². The van der Waals surface area contributed by atoms with E-state index in [0.29, 0.717) is 17.0 Å². The first kappa shape index (κ1) is 23.8. The fourth-order valence-corrected chi connectivity index (χ4v) is 3.56. The number of hydrogen-bond acceptors (Lipinski definition) is 5. The summed E-state index contributed by atoms with van der Waals surface area (Å²) in [5.74, 6) is -2.44.